The summed E-state index contributed by atoms with van der Waals surface area (Å²) >= 11 is 0. The van der Waals surface area contributed by atoms with Crippen molar-refractivity contribution in [3.63, 3.8) is 0 Å². The van der Waals surface area contributed by atoms with E-state index >= 15 is 0 Å². The molecule has 80 valence electrons. The maximum atomic E-state index is 4.36. The highest BCUT2D eigenvalue weighted by Gasteiger charge is 2.18. The van der Waals surface area contributed by atoms with E-state index in [1.165, 1.54) is 24.2 Å². The molecule has 1 aliphatic heterocycles. The lowest BCUT2D eigenvalue weighted by Crippen LogP contribution is -2.27. The van der Waals surface area contributed by atoms with Gasteiger partial charge < -0.3 is 10.3 Å². The largest absolute Gasteiger partial charge is 0.348 e. The molecule has 1 aliphatic rings. The van der Waals surface area contributed by atoms with Gasteiger partial charge in [-0.05, 0) is 32.9 Å². The SMILES string of the molecule is CC.Cc1[nH]cnc1C1CCNCC1. The second kappa shape index (κ2) is 5.81. The van der Waals surface area contributed by atoms with Gasteiger partial charge in [-0.25, -0.2) is 4.98 Å². The van der Waals surface area contributed by atoms with Crippen molar-refractivity contribution < 1.29 is 0 Å². The van der Waals surface area contributed by atoms with Gasteiger partial charge in [-0.2, -0.15) is 0 Å². The van der Waals surface area contributed by atoms with Crippen LogP contribution in [0.3, 0.4) is 0 Å². The van der Waals surface area contributed by atoms with Crippen LogP contribution in [-0.4, -0.2) is 23.1 Å². The van der Waals surface area contributed by atoms with Gasteiger partial charge in [-0.3, -0.25) is 0 Å². The van der Waals surface area contributed by atoms with Crippen LogP contribution in [0.2, 0.25) is 0 Å². The van der Waals surface area contributed by atoms with Crippen LogP contribution in [-0.2, 0) is 0 Å². The number of aromatic nitrogens is 2. The summed E-state index contributed by atoms with van der Waals surface area (Å²) in [6.07, 6.45) is 4.25. The number of rotatable bonds is 1. The Balaban J connectivity index is 0.000000461. The van der Waals surface area contributed by atoms with Crippen LogP contribution in [0.25, 0.3) is 0 Å². The first-order chi connectivity index (χ1) is 6.88. The Morgan fingerprint density at radius 2 is 1.93 bits per heavy atom. The van der Waals surface area contributed by atoms with E-state index in [1.54, 1.807) is 6.33 Å². The molecule has 0 atom stereocenters. The number of imidazole rings is 1. The number of nitrogens with zero attached hydrogens (tertiary/aromatic N) is 1. The predicted molar refractivity (Wildman–Crippen MR) is 59.5 cm³/mol. The van der Waals surface area contributed by atoms with E-state index < -0.39 is 0 Å². The van der Waals surface area contributed by atoms with Crippen molar-refractivity contribution in [2.45, 2.75) is 39.5 Å². The number of hydrogen-bond donors (Lipinski definition) is 2. The lowest BCUT2D eigenvalue weighted by Gasteiger charge is -2.21. The van der Waals surface area contributed by atoms with Crippen molar-refractivity contribution in [2.24, 2.45) is 0 Å². The Morgan fingerprint density at radius 1 is 1.29 bits per heavy atom. The summed E-state index contributed by atoms with van der Waals surface area (Å²) in [5.74, 6) is 0.678. The zero-order valence-electron chi connectivity index (χ0n) is 9.43. The minimum Gasteiger partial charge on any atom is -0.348 e. The normalized spacial score (nSPS) is 17.4. The minimum absolute atomic E-state index is 0.678. The summed E-state index contributed by atoms with van der Waals surface area (Å²) in [7, 11) is 0. The molecule has 1 aromatic rings. The third-order valence-electron chi connectivity index (χ3n) is 2.59. The van der Waals surface area contributed by atoms with Crippen LogP contribution in [0.15, 0.2) is 6.33 Å². The molecule has 3 heteroatoms. The van der Waals surface area contributed by atoms with Gasteiger partial charge in [0.05, 0.1) is 12.0 Å². The third-order valence-corrected chi connectivity index (χ3v) is 2.59. The van der Waals surface area contributed by atoms with Crippen LogP contribution in [0.5, 0.6) is 0 Å². The monoisotopic (exact) mass is 195 g/mol. The highest BCUT2D eigenvalue weighted by molar-refractivity contribution is 5.15. The molecule has 0 saturated carbocycles. The molecule has 1 aromatic heterocycles. The lowest BCUT2D eigenvalue weighted by atomic mass is 9.94. The number of hydrogen-bond acceptors (Lipinski definition) is 2. The van der Waals surface area contributed by atoms with E-state index in [1.807, 2.05) is 13.8 Å². The van der Waals surface area contributed by atoms with Crippen molar-refractivity contribution >= 4 is 0 Å². The van der Waals surface area contributed by atoms with Gasteiger partial charge in [-0.1, -0.05) is 13.8 Å². The van der Waals surface area contributed by atoms with Crippen LogP contribution >= 0.6 is 0 Å². The van der Waals surface area contributed by atoms with Gasteiger partial charge in [0.1, 0.15) is 0 Å². The molecule has 0 spiro atoms. The van der Waals surface area contributed by atoms with Crippen molar-refractivity contribution in [3.8, 4) is 0 Å². The van der Waals surface area contributed by atoms with Gasteiger partial charge in [0.25, 0.3) is 0 Å². The molecule has 1 fully saturated rings. The van der Waals surface area contributed by atoms with Crippen molar-refractivity contribution in [2.75, 3.05) is 13.1 Å². The molecule has 3 nitrogen and oxygen atoms in total. The van der Waals surface area contributed by atoms with Gasteiger partial charge in [-0.15, -0.1) is 0 Å². The maximum absolute atomic E-state index is 4.36. The standard InChI is InChI=1S/C9H15N3.C2H6/c1-7-9(12-6-11-7)8-2-4-10-5-3-8;1-2/h6,8,10H,2-5H2,1H3,(H,11,12);1-2H3. The van der Waals surface area contributed by atoms with Crippen LogP contribution < -0.4 is 5.32 Å². The highest BCUT2D eigenvalue weighted by Crippen LogP contribution is 2.24. The quantitative estimate of drug-likeness (QED) is 0.721. The lowest BCUT2D eigenvalue weighted by molar-refractivity contribution is 0.453. The summed E-state index contributed by atoms with van der Waals surface area (Å²) < 4.78 is 0. The highest BCUT2D eigenvalue weighted by atomic mass is 14.9. The zero-order chi connectivity index (χ0) is 10.4. The number of aryl methyl sites for hydroxylation is 1. The molecule has 2 rings (SSSR count). The number of H-pyrrole nitrogens is 1. The molecule has 0 aromatic carbocycles. The fourth-order valence-corrected chi connectivity index (χ4v) is 1.88. The Bertz CT molecular complexity index is 249. The van der Waals surface area contributed by atoms with E-state index in [9.17, 15) is 0 Å². The first kappa shape index (κ1) is 11.2. The zero-order valence-corrected chi connectivity index (χ0v) is 9.43. The fourth-order valence-electron chi connectivity index (χ4n) is 1.88. The molecular weight excluding hydrogens is 174 g/mol. The topological polar surface area (TPSA) is 40.7 Å². The molecule has 0 amide bonds. The van der Waals surface area contributed by atoms with E-state index in [-0.39, 0.29) is 0 Å². The molecule has 0 unspecified atom stereocenters. The second-order valence-electron chi connectivity index (χ2n) is 3.44. The van der Waals surface area contributed by atoms with Gasteiger partial charge in [0.15, 0.2) is 0 Å². The average Bonchev–Trinajstić information content (AvgIpc) is 2.69. The van der Waals surface area contributed by atoms with Gasteiger partial charge in [0.2, 0.25) is 0 Å². The third kappa shape index (κ3) is 2.58. The van der Waals surface area contributed by atoms with Gasteiger partial charge in [0, 0.05) is 11.6 Å². The van der Waals surface area contributed by atoms with Crippen LogP contribution in [0, 0.1) is 6.92 Å². The molecule has 2 heterocycles. The van der Waals surface area contributed by atoms with E-state index in [0.717, 1.165) is 13.1 Å². The molecule has 14 heavy (non-hydrogen) atoms. The Kier molecular flexibility index (Phi) is 4.66. The molecule has 0 bridgehead atoms. The second-order valence-corrected chi connectivity index (χ2v) is 3.44. The van der Waals surface area contributed by atoms with E-state index in [4.69, 9.17) is 0 Å². The van der Waals surface area contributed by atoms with Crippen LogP contribution in [0.4, 0.5) is 0 Å². The summed E-state index contributed by atoms with van der Waals surface area (Å²) in [5, 5.41) is 3.36. The molecule has 1 saturated heterocycles. The Labute approximate surface area is 86.3 Å². The number of nitrogens with one attached hydrogen (secondary N) is 2. The number of piperidine rings is 1. The maximum Gasteiger partial charge on any atom is 0.0925 e. The predicted octanol–water partition coefficient (Wildman–Crippen LogP) is 2.21. The smallest absolute Gasteiger partial charge is 0.0925 e. The number of aromatic amines is 1. The summed E-state index contributed by atoms with van der Waals surface area (Å²) in [4.78, 5) is 7.49. The molecule has 0 aliphatic carbocycles. The van der Waals surface area contributed by atoms with E-state index in [0.29, 0.717) is 5.92 Å². The first-order valence-corrected chi connectivity index (χ1v) is 5.58. The Hall–Kier alpha value is -0.830. The van der Waals surface area contributed by atoms with Crippen molar-refractivity contribution in [3.05, 3.63) is 17.7 Å². The Morgan fingerprint density at radius 3 is 2.43 bits per heavy atom. The average molecular weight is 195 g/mol. The summed E-state index contributed by atoms with van der Waals surface area (Å²) in [5.41, 5.74) is 2.51. The molecule has 2 N–H and O–H groups in total. The van der Waals surface area contributed by atoms with E-state index in [2.05, 4.69) is 22.2 Å². The van der Waals surface area contributed by atoms with Crippen molar-refractivity contribution in [1.82, 2.24) is 15.3 Å². The summed E-state index contributed by atoms with van der Waals surface area (Å²) in [6, 6.07) is 0. The fraction of sp³-hybridized carbons (Fsp3) is 0.727. The molecule has 0 radical (unpaired) electrons. The minimum atomic E-state index is 0.678. The summed E-state index contributed by atoms with van der Waals surface area (Å²) in [6.45, 7) is 8.37. The van der Waals surface area contributed by atoms with Gasteiger partial charge >= 0.3 is 0 Å². The first-order valence-electron chi connectivity index (χ1n) is 5.58. The molecular formula is C11H21N3. The van der Waals surface area contributed by atoms with Crippen molar-refractivity contribution in [1.29, 1.82) is 0 Å². The van der Waals surface area contributed by atoms with Crippen LogP contribution in [0.1, 0.15) is 44.0 Å².